The van der Waals surface area contributed by atoms with Crippen LogP contribution >= 0.6 is 23.4 Å². The van der Waals surface area contributed by atoms with E-state index in [9.17, 15) is 4.79 Å². The van der Waals surface area contributed by atoms with Crippen molar-refractivity contribution in [3.05, 3.63) is 59.9 Å². The Kier molecular flexibility index (Phi) is 5.57. The SMILES string of the molecule is Cn1cnnc1SCC(=O)Nc1ccc(Oc2ccc(Cl)cc2)cc1. The van der Waals surface area contributed by atoms with E-state index in [0.29, 0.717) is 27.4 Å². The topological polar surface area (TPSA) is 69.0 Å². The second-order valence-electron chi connectivity index (χ2n) is 5.14. The van der Waals surface area contributed by atoms with Crippen LogP contribution in [-0.2, 0) is 11.8 Å². The highest BCUT2D eigenvalue weighted by Gasteiger charge is 2.07. The number of halogens is 1. The van der Waals surface area contributed by atoms with Crippen LogP contribution in [0.2, 0.25) is 5.02 Å². The molecule has 0 fully saturated rings. The van der Waals surface area contributed by atoms with Crippen molar-refractivity contribution in [3.63, 3.8) is 0 Å². The lowest BCUT2D eigenvalue weighted by Crippen LogP contribution is -2.14. The number of nitrogens with zero attached hydrogens (tertiary/aromatic N) is 3. The molecule has 25 heavy (non-hydrogen) atoms. The third-order valence-electron chi connectivity index (χ3n) is 3.19. The summed E-state index contributed by atoms with van der Waals surface area (Å²) in [7, 11) is 1.83. The monoisotopic (exact) mass is 374 g/mol. The number of amides is 1. The van der Waals surface area contributed by atoms with Crippen molar-refractivity contribution in [2.45, 2.75) is 5.16 Å². The Morgan fingerprint density at radius 1 is 1.16 bits per heavy atom. The van der Waals surface area contributed by atoms with Crippen molar-refractivity contribution >= 4 is 35.0 Å². The van der Waals surface area contributed by atoms with Crippen molar-refractivity contribution < 1.29 is 9.53 Å². The number of anilines is 1. The van der Waals surface area contributed by atoms with Crippen molar-refractivity contribution in [2.75, 3.05) is 11.1 Å². The normalized spacial score (nSPS) is 10.5. The third kappa shape index (κ3) is 4.98. The first-order chi connectivity index (χ1) is 12.1. The van der Waals surface area contributed by atoms with E-state index in [0.717, 1.165) is 0 Å². The molecule has 128 valence electrons. The first-order valence-corrected chi connectivity index (χ1v) is 8.76. The smallest absolute Gasteiger partial charge is 0.234 e. The van der Waals surface area contributed by atoms with Crippen molar-refractivity contribution in [2.24, 2.45) is 7.05 Å². The van der Waals surface area contributed by atoms with Crippen LogP contribution in [0, 0.1) is 0 Å². The van der Waals surface area contributed by atoms with Gasteiger partial charge in [0.25, 0.3) is 0 Å². The van der Waals surface area contributed by atoms with Gasteiger partial charge in [-0.05, 0) is 48.5 Å². The number of hydrogen-bond donors (Lipinski definition) is 1. The van der Waals surface area contributed by atoms with E-state index >= 15 is 0 Å². The second-order valence-corrected chi connectivity index (χ2v) is 6.52. The Labute approximate surface area is 154 Å². The van der Waals surface area contributed by atoms with Gasteiger partial charge in [0.15, 0.2) is 5.16 Å². The zero-order valence-electron chi connectivity index (χ0n) is 13.3. The van der Waals surface area contributed by atoms with Crippen LogP contribution in [0.1, 0.15) is 0 Å². The van der Waals surface area contributed by atoms with Crippen LogP contribution in [0.4, 0.5) is 5.69 Å². The maximum absolute atomic E-state index is 12.0. The molecule has 1 aromatic heterocycles. The molecule has 0 aliphatic rings. The first kappa shape index (κ1) is 17.3. The van der Waals surface area contributed by atoms with Gasteiger partial charge in [0.2, 0.25) is 5.91 Å². The molecular weight excluding hydrogens is 360 g/mol. The van der Waals surface area contributed by atoms with Gasteiger partial charge in [0, 0.05) is 17.8 Å². The van der Waals surface area contributed by atoms with Crippen molar-refractivity contribution in [1.82, 2.24) is 14.8 Å². The Morgan fingerprint density at radius 2 is 1.80 bits per heavy atom. The fourth-order valence-electron chi connectivity index (χ4n) is 1.98. The summed E-state index contributed by atoms with van der Waals surface area (Å²) in [5.41, 5.74) is 0.701. The summed E-state index contributed by atoms with van der Waals surface area (Å²) >= 11 is 7.17. The maximum Gasteiger partial charge on any atom is 0.234 e. The van der Waals surface area contributed by atoms with E-state index in [1.54, 1.807) is 59.4 Å². The molecule has 6 nitrogen and oxygen atoms in total. The van der Waals surface area contributed by atoms with Crippen LogP contribution in [0.5, 0.6) is 11.5 Å². The van der Waals surface area contributed by atoms with Gasteiger partial charge in [0.1, 0.15) is 17.8 Å². The molecule has 0 saturated heterocycles. The highest BCUT2D eigenvalue weighted by atomic mass is 35.5. The predicted octanol–water partition coefficient (Wildman–Crippen LogP) is 3.99. The molecule has 1 amide bonds. The molecule has 0 spiro atoms. The predicted molar refractivity (Wildman–Crippen MR) is 98.3 cm³/mol. The Morgan fingerprint density at radius 3 is 2.40 bits per heavy atom. The number of aryl methyl sites for hydroxylation is 1. The average Bonchev–Trinajstić information content (AvgIpc) is 3.02. The molecule has 0 unspecified atom stereocenters. The molecule has 0 bridgehead atoms. The number of nitrogens with one attached hydrogen (secondary N) is 1. The molecule has 0 aliphatic heterocycles. The van der Waals surface area contributed by atoms with Crippen molar-refractivity contribution in [1.29, 1.82) is 0 Å². The zero-order chi connectivity index (χ0) is 17.6. The van der Waals surface area contributed by atoms with Crippen LogP contribution in [-0.4, -0.2) is 26.4 Å². The fourth-order valence-corrected chi connectivity index (χ4v) is 2.79. The summed E-state index contributed by atoms with van der Waals surface area (Å²) in [4.78, 5) is 12.0. The lowest BCUT2D eigenvalue weighted by atomic mass is 10.3. The van der Waals surface area contributed by atoms with Crippen LogP contribution in [0.15, 0.2) is 60.0 Å². The third-order valence-corrected chi connectivity index (χ3v) is 4.48. The van der Waals surface area contributed by atoms with Gasteiger partial charge < -0.3 is 14.6 Å². The largest absolute Gasteiger partial charge is 0.457 e. The van der Waals surface area contributed by atoms with Gasteiger partial charge in [0.05, 0.1) is 5.75 Å². The summed E-state index contributed by atoms with van der Waals surface area (Å²) < 4.78 is 7.47. The van der Waals surface area contributed by atoms with Gasteiger partial charge in [-0.15, -0.1) is 10.2 Å². The fraction of sp³-hybridized carbons (Fsp3) is 0.118. The minimum Gasteiger partial charge on any atom is -0.457 e. The second kappa shape index (κ2) is 8.04. The summed E-state index contributed by atoms with van der Waals surface area (Å²) in [5, 5.41) is 11.9. The molecule has 3 rings (SSSR count). The van der Waals surface area contributed by atoms with Gasteiger partial charge in [-0.2, -0.15) is 0 Å². The van der Waals surface area contributed by atoms with Gasteiger partial charge in [-0.1, -0.05) is 23.4 Å². The summed E-state index contributed by atoms with van der Waals surface area (Å²) in [6.45, 7) is 0. The van der Waals surface area contributed by atoms with Gasteiger partial charge in [-0.25, -0.2) is 0 Å². The number of aromatic nitrogens is 3. The summed E-state index contributed by atoms with van der Waals surface area (Å²) in [6.07, 6.45) is 1.60. The number of carbonyl (C=O) groups is 1. The number of hydrogen-bond acceptors (Lipinski definition) is 5. The Hall–Kier alpha value is -2.51. The van der Waals surface area contributed by atoms with Gasteiger partial charge in [-0.3, -0.25) is 4.79 Å². The van der Waals surface area contributed by atoms with E-state index < -0.39 is 0 Å². The van der Waals surface area contributed by atoms with E-state index in [-0.39, 0.29) is 11.7 Å². The summed E-state index contributed by atoms with van der Waals surface area (Å²) in [5.74, 6) is 1.52. The minimum absolute atomic E-state index is 0.112. The molecule has 1 heterocycles. The Balaban J connectivity index is 1.52. The molecule has 0 aliphatic carbocycles. The lowest BCUT2D eigenvalue weighted by molar-refractivity contribution is -0.113. The molecule has 2 aromatic carbocycles. The highest BCUT2D eigenvalue weighted by molar-refractivity contribution is 7.99. The molecule has 0 radical (unpaired) electrons. The van der Waals surface area contributed by atoms with Crippen LogP contribution < -0.4 is 10.1 Å². The molecular formula is C17H15ClN4O2S. The van der Waals surface area contributed by atoms with E-state index in [1.165, 1.54) is 11.8 Å². The number of rotatable bonds is 6. The minimum atomic E-state index is -0.112. The molecule has 0 atom stereocenters. The van der Waals surface area contributed by atoms with Gasteiger partial charge >= 0.3 is 0 Å². The maximum atomic E-state index is 12.0. The van der Waals surface area contributed by atoms with E-state index in [4.69, 9.17) is 16.3 Å². The number of carbonyl (C=O) groups excluding carboxylic acids is 1. The lowest BCUT2D eigenvalue weighted by Gasteiger charge is -2.08. The number of thioether (sulfide) groups is 1. The zero-order valence-corrected chi connectivity index (χ0v) is 14.9. The number of benzene rings is 2. The van der Waals surface area contributed by atoms with Crippen LogP contribution in [0.3, 0.4) is 0 Å². The quantitative estimate of drug-likeness (QED) is 0.660. The van der Waals surface area contributed by atoms with Crippen molar-refractivity contribution in [3.8, 4) is 11.5 Å². The Bertz CT molecular complexity index is 850. The first-order valence-electron chi connectivity index (χ1n) is 7.40. The highest BCUT2D eigenvalue weighted by Crippen LogP contribution is 2.24. The van der Waals surface area contributed by atoms with E-state index in [2.05, 4.69) is 15.5 Å². The molecule has 3 aromatic rings. The molecule has 1 N–H and O–H groups in total. The van der Waals surface area contributed by atoms with Crippen LogP contribution in [0.25, 0.3) is 0 Å². The summed E-state index contributed by atoms with van der Waals surface area (Å²) in [6, 6.07) is 14.3. The standard InChI is InChI=1S/C17H15ClN4O2S/c1-22-11-19-21-17(22)25-10-16(23)20-13-4-8-15(9-5-13)24-14-6-2-12(18)3-7-14/h2-9,11H,10H2,1H3,(H,20,23). The van der Waals surface area contributed by atoms with E-state index in [1.807, 2.05) is 7.05 Å². The molecule has 8 heteroatoms. The number of ether oxygens (including phenoxy) is 1. The molecule has 0 saturated carbocycles. The average molecular weight is 375 g/mol.